The van der Waals surface area contributed by atoms with E-state index in [1.807, 2.05) is 53.7 Å². The number of rotatable bonds is 8. The van der Waals surface area contributed by atoms with Gasteiger partial charge < -0.3 is 15.5 Å². The number of aryl methyl sites for hydroxylation is 1. The number of hydrogen-bond donors (Lipinski definition) is 2. The quantitative estimate of drug-likeness (QED) is 0.339. The van der Waals surface area contributed by atoms with Crippen LogP contribution in [-0.2, 0) is 11.2 Å². The number of nitrogens with zero attached hydrogens (tertiary/aromatic N) is 4. The minimum absolute atomic E-state index is 0.0542. The molecule has 1 atom stereocenters. The van der Waals surface area contributed by atoms with Crippen LogP contribution >= 0.6 is 11.3 Å². The fourth-order valence-electron chi connectivity index (χ4n) is 3.85. The first-order chi connectivity index (χ1) is 16.6. The van der Waals surface area contributed by atoms with E-state index in [0.717, 1.165) is 39.2 Å². The van der Waals surface area contributed by atoms with Crippen molar-refractivity contribution in [3.05, 3.63) is 65.7 Å². The molecule has 1 amide bonds. The molecule has 2 N–H and O–H groups in total. The third-order valence-electron chi connectivity index (χ3n) is 5.71. The molecule has 0 fully saturated rings. The number of likely N-dealkylation sites (N-methyl/N-ethyl adjacent to an activating group) is 1. The molecule has 0 aliphatic carbocycles. The molecule has 4 rings (SSSR count). The van der Waals surface area contributed by atoms with Crippen LogP contribution in [0.4, 0.5) is 10.9 Å². The molecule has 2 aromatic carbocycles. The summed E-state index contributed by atoms with van der Waals surface area (Å²) in [6, 6.07) is 18.4. The highest BCUT2D eigenvalue weighted by Crippen LogP contribution is 2.34. The molecule has 0 unspecified atom stereocenters. The summed E-state index contributed by atoms with van der Waals surface area (Å²) in [5.74, 6) is 0.802. The van der Waals surface area contributed by atoms with Gasteiger partial charge in [-0.2, -0.15) is 4.52 Å². The molecular weight excluding hydrogens is 456 g/mol. The van der Waals surface area contributed by atoms with Crippen LogP contribution in [0.2, 0.25) is 0 Å². The van der Waals surface area contributed by atoms with Crippen molar-refractivity contribution >= 4 is 33.2 Å². The topological polar surface area (TPSA) is 74.6 Å². The predicted octanol–water partition coefficient (Wildman–Crippen LogP) is 5.54. The summed E-state index contributed by atoms with van der Waals surface area (Å²) in [5.41, 5.74) is 4.13. The van der Waals surface area contributed by atoms with Crippen molar-refractivity contribution in [3.63, 3.8) is 0 Å². The van der Waals surface area contributed by atoms with Gasteiger partial charge in [0.1, 0.15) is 5.69 Å². The Morgan fingerprint density at radius 1 is 1.11 bits per heavy atom. The second-order valence-electron chi connectivity index (χ2n) is 9.87. The van der Waals surface area contributed by atoms with E-state index in [0.29, 0.717) is 0 Å². The Hall–Kier alpha value is -3.39. The average Bonchev–Trinajstić information content (AvgIpc) is 3.38. The fourth-order valence-corrected chi connectivity index (χ4v) is 4.72. The minimum atomic E-state index is -0.169. The Balaban J connectivity index is 1.56. The Labute approximate surface area is 211 Å². The first-order valence-electron chi connectivity index (χ1n) is 12.0. The third-order valence-corrected chi connectivity index (χ3v) is 6.73. The highest BCUT2D eigenvalue weighted by molar-refractivity contribution is 7.20. The highest BCUT2D eigenvalue weighted by Gasteiger charge is 2.23. The third kappa shape index (κ3) is 5.82. The van der Waals surface area contributed by atoms with Gasteiger partial charge in [0.05, 0.1) is 12.6 Å². The maximum atomic E-state index is 12.7. The fraction of sp³-hybridized carbons (Fsp3) is 0.370. The molecule has 0 bridgehead atoms. The van der Waals surface area contributed by atoms with E-state index < -0.39 is 0 Å². The van der Waals surface area contributed by atoms with Gasteiger partial charge in [-0.25, -0.2) is 4.98 Å². The number of carbonyl (C=O) groups is 1. The van der Waals surface area contributed by atoms with Crippen LogP contribution in [0.3, 0.4) is 0 Å². The molecule has 0 spiro atoms. The molecule has 0 aliphatic rings. The maximum absolute atomic E-state index is 12.7. The molecule has 0 saturated heterocycles. The number of anilines is 2. The van der Waals surface area contributed by atoms with Crippen LogP contribution in [0, 0.1) is 0 Å². The number of carbonyl (C=O) groups excluding carboxylic acids is 1. The largest absolute Gasteiger partial charge is 0.364 e. The Morgan fingerprint density at radius 2 is 1.80 bits per heavy atom. The number of imidazole rings is 1. The average molecular weight is 491 g/mol. The zero-order valence-electron chi connectivity index (χ0n) is 21.3. The maximum Gasteiger partial charge on any atom is 0.240 e. The van der Waals surface area contributed by atoms with Crippen molar-refractivity contribution in [2.45, 2.75) is 52.6 Å². The summed E-state index contributed by atoms with van der Waals surface area (Å²) in [7, 11) is 1.88. The first kappa shape index (κ1) is 24.7. The first-order valence-corrected chi connectivity index (χ1v) is 12.8. The van der Waals surface area contributed by atoms with E-state index in [2.05, 4.69) is 62.6 Å². The van der Waals surface area contributed by atoms with Gasteiger partial charge in [0.25, 0.3) is 0 Å². The summed E-state index contributed by atoms with van der Waals surface area (Å²) in [5, 5.41) is 12.2. The van der Waals surface area contributed by atoms with Crippen LogP contribution in [0.1, 0.15) is 51.8 Å². The van der Waals surface area contributed by atoms with E-state index in [1.54, 1.807) is 0 Å². The number of nitrogens with one attached hydrogen (secondary N) is 2. The van der Waals surface area contributed by atoms with Crippen LogP contribution in [0.15, 0.2) is 54.6 Å². The molecule has 2 heterocycles. The molecule has 184 valence electrons. The van der Waals surface area contributed by atoms with Crippen molar-refractivity contribution < 1.29 is 4.79 Å². The van der Waals surface area contributed by atoms with Gasteiger partial charge in [-0.3, -0.25) is 4.79 Å². The lowest BCUT2D eigenvalue weighted by Crippen LogP contribution is -2.36. The summed E-state index contributed by atoms with van der Waals surface area (Å²) in [4.78, 5) is 20.3. The number of hydrogen-bond acceptors (Lipinski definition) is 6. The number of aromatic nitrogens is 3. The minimum Gasteiger partial charge on any atom is -0.364 e. The van der Waals surface area contributed by atoms with Gasteiger partial charge in [0, 0.05) is 18.2 Å². The van der Waals surface area contributed by atoms with Crippen LogP contribution in [0.25, 0.3) is 16.2 Å². The van der Waals surface area contributed by atoms with Gasteiger partial charge in [-0.05, 0) is 45.2 Å². The molecule has 35 heavy (non-hydrogen) atoms. The van der Waals surface area contributed by atoms with Gasteiger partial charge in [-0.1, -0.05) is 72.9 Å². The van der Waals surface area contributed by atoms with Crippen LogP contribution < -0.4 is 15.5 Å². The summed E-state index contributed by atoms with van der Waals surface area (Å²) in [6.45, 7) is 10.7. The zero-order valence-corrected chi connectivity index (χ0v) is 22.1. The van der Waals surface area contributed by atoms with E-state index in [1.165, 1.54) is 16.9 Å². The second kappa shape index (κ2) is 10.1. The smallest absolute Gasteiger partial charge is 0.240 e. The monoisotopic (exact) mass is 490 g/mol. The van der Waals surface area contributed by atoms with E-state index in [-0.39, 0.29) is 24.0 Å². The summed E-state index contributed by atoms with van der Waals surface area (Å²) < 4.78 is 1.86. The normalized spacial score (nSPS) is 12.5. The highest BCUT2D eigenvalue weighted by atomic mass is 32.1. The predicted molar refractivity (Wildman–Crippen MR) is 145 cm³/mol. The van der Waals surface area contributed by atoms with Crippen molar-refractivity contribution in [1.29, 1.82) is 0 Å². The van der Waals surface area contributed by atoms with Crippen molar-refractivity contribution in [1.82, 2.24) is 19.9 Å². The van der Waals surface area contributed by atoms with E-state index in [9.17, 15) is 4.79 Å². The van der Waals surface area contributed by atoms with E-state index in [4.69, 9.17) is 10.1 Å². The lowest BCUT2D eigenvalue weighted by atomic mass is 10.1. The zero-order chi connectivity index (χ0) is 25.2. The lowest BCUT2D eigenvalue weighted by Gasteiger charge is -2.22. The molecular formula is C27H34N6OS. The molecule has 0 radical (unpaired) electrons. The van der Waals surface area contributed by atoms with Crippen LogP contribution in [0.5, 0.6) is 0 Å². The van der Waals surface area contributed by atoms with Gasteiger partial charge in [-0.15, -0.1) is 5.10 Å². The SMILES string of the molecule is CCc1ccc(-c2nc3sc(N(C)CC(=O)N[C@H](C)c4ccccc4)nn3c2NC(C)(C)C)cc1. The van der Waals surface area contributed by atoms with Crippen molar-refractivity contribution in [3.8, 4) is 11.3 Å². The van der Waals surface area contributed by atoms with Crippen molar-refractivity contribution in [2.24, 2.45) is 0 Å². The Morgan fingerprint density at radius 3 is 2.43 bits per heavy atom. The van der Waals surface area contributed by atoms with Gasteiger partial charge in [0.15, 0.2) is 5.82 Å². The number of fused-ring (bicyclic) bond motifs is 1. The Kier molecular flexibility index (Phi) is 7.12. The summed E-state index contributed by atoms with van der Waals surface area (Å²) in [6.07, 6.45) is 1.00. The molecule has 4 aromatic rings. The van der Waals surface area contributed by atoms with Gasteiger partial charge in [0.2, 0.25) is 16.0 Å². The molecule has 2 aromatic heterocycles. The molecule has 0 aliphatic heterocycles. The van der Waals surface area contributed by atoms with Crippen LogP contribution in [-0.4, -0.2) is 39.6 Å². The van der Waals surface area contributed by atoms with E-state index >= 15 is 0 Å². The Bertz CT molecular complexity index is 1290. The molecule has 0 saturated carbocycles. The standard InChI is InChI=1S/C27H34N6OS/c1-7-19-13-15-21(16-14-19)23-24(30-27(3,4)5)33-25(29-23)35-26(31-33)32(6)17-22(34)28-18(2)20-11-9-8-10-12-20/h8-16,18,30H,7,17H2,1-6H3,(H,28,34)/t18-/m1/s1. The number of amides is 1. The second-order valence-corrected chi connectivity index (χ2v) is 10.8. The molecule has 7 nitrogen and oxygen atoms in total. The van der Waals surface area contributed by atoms with Crippen molar-refractivity contribution in [2.75, 3.05) is 23.8 Å². The lowest BCUT2D eigenvalue weighted by molar-refractivity contribution is -0.120. The number of benzene rings is 2. The molecule has 8 heteroatoms. The summed E-state index contributed by atoms with van der Waals surface area (Å²) >= 11 is 1.47. The van der Waals surface area contributed by atoms with Gasteiger partial charge >= 0.3 is 0 Å².